The Bertz CT molecular complexity index is 200. The van der Waals surface area contributed by atoms with Crippen molar-refractivity contribution in [3.8, 4) is 0 Å². The molecule has 0 nitrogen and oxygen atoms in total. The minimum atomic E-state index is 0.557. The largest absolute Gasteiger partial charge is 0.0953 e. The van der Waals surface area contributed by atoms with Gasteiger partial charge < -0.3 is 0 Å². The van der Waals surface area contributed by atoms with E-state index in [9.17, 15) is 0 Å². The minimum absolute atomic E-state index is 0.557. The van der Waals surface area contributed by atoms with Gasteiger partial charge in [-0.1, -0.05) is 45.9 Å². The molecule has 15 heavy (non-hydrogen) atoms. The van der Waals surface area contributed by atoms with E-state index in [4.69, 9.17) is 0 Å². The van der Waals surface area contributed by atoms with E-state index >= 15 is 0 Å². The Kier molecular flexibility index (Phi) is 7.46. The number of hydrogen-bond donors (Lipinski definition) is 0. The quantitative estimate of drug-likeness (QED) is 0.514. The molecule has 0 aliphatic heterocycles. The first-order chi connectivity index (χ1) is 7.06. The highest BCUT2D eigenvalue weighted by Gasteiger charge is 2.16. The Morgan fingerprint density at radius 1 is 1.33 bits per heavy atom. The summed E-state index contributed by atoms with van der Waals surface area (Å²) in [6.07, 6.45) is 9.06. The summed E-state index contributed by atoms with van der Waals surface area (Å²) in [7, 11) is 0. The average molecular weight is 207 g/mol. The smallest absolute Gasteiger partial charge is 0.0142 e. The molecule has 0 aromatic carbocycles. The molecule has 0 heteroatoms. The van der Waals surface area contributed by atoms with Gasteiger partial charge in [-0.15, -0.1) is 0 Å². The van der Waals surface area contributed by atoms with Crippen LogP contribution in [0.5, 0.6) is 0 Å². The van der Waals surface area contributed by atoms with Crippen LogP contribution >= 0.6 is 0 Å². The molecular weight excluding hydrogens is 180 g/mol. The van der Waals surface area contributed by atoms with Gasteiger partial charge in [0.25, 0.3) is 0 Å². The number of hydrogen-bond acceptors (Lipinski definition) is 0. The van der Waals surface area contributed by atoms with Crippen molar-refractivity contribution in [3.63, 3.8) is 0 Å². The van der Waals surface area contributed by atoms with E-state index in [1.807, 2.05) is 0 Å². The maximum absolute atomic E-state index is 3.80. The molecule has 0 saturated heterocycles. The fourth-order valence-electron chi connectivity index (χ4n) is 2.18. The van der Waals surface area contributed by atoms with Crippen LogP contribution in [0.25, 0.3) is 0 Å². The third-order valence-corrected chi connectivity index (χ3v) is 3.42. The molecule has 0 aliphatic rings. The Balaban J connectivity index is 4.21. The van der Waals surface area contributed by atoms with Crippen LogP contribution in [-0.4, -0.2) is 0 Å². The molecule has 0 N–H and O–H groups in total. The second-order valence-corrected chi connectivity index (χ2v) is 4.69. The number of allylic oxidation sites excluding steroid dienone is 3. The van der Waals surface area contributed by atoms with Crippen LogP contribution in [0, 0.1) is 23.8 Å². The second kappa shape index (κ2) is 7.73. The Labute approximate surface area is 96.5 Å². The first-order valence-corrected chi connectivity index (χ1v) is 6.25. The van der Waals surface area contributed by atoms with E-state index in [1.54, 1.807) is 0 Å². The molecule has 0 heterocycles. The van der Waals surface area contributed by atoms with Crippen molar-refractivity contribution in [2.24, 2.45) is 17.8 Å². The van der Waals surface area contributed by atoms with Gasteiger partial charge in [0.1, 0.15) is 0 Å². The summed E-state index contributed by atoms with van der Waals surface area (Å²) in [6.45, 7) is 15.1. The zero-order chi connectivity index (χ0) is 11.8. The summed E-state index contributed by atoms with van der Waals surface area (Å²) in [5.41, 5.74) is 1.53. The van der Waals surface area contributed by atoms with E-state index in [0.29, 0.717) is 17.8 Å². The molecule has 87 valence electrons. The fourth-order valence-corrected chi connectivity index (χ4v) is 2.18. The number of rotatable bonds is 7. The van der Waals surface area contributed by atoms with Gasteiger partial charge in [0.05, 0.1) is 0 Å². The lowest BCUT2D eigenvalue weighted by atomic mass is 9.82. The fraction of sp³-hybridized carbons (Fsp3) is 0.733. The van der Waals surface area contributed by atoms with Crippen molar-refractivity contribution in [3.05, 3.63) is 24.3 Å². The lowest BCUT2D eigenvalue weighted by Crippen LogP contribution is -2.13. The molecule has 0 amide bonds. The molecule has 2 unspecified atom stereocenters. The summed E-state index contributed by atoms with van der Waals surface area (Å²) < 4.78 is 0. The van der Waals surface area contributed by atoms with Gasteiger partial charge in [0.15, 0.2) is 0 Å². The van der Waals surface area contributed by atoms with E-state index < -0.39 is 0 Å². The zero-order valence-electron chi connectivity index (χ0n) is 11.1. The van der Waals surface area contributed by atoms with E-state index in [0.717, 1.165) is 12.8 Å². The Morgan fingerprint density at radius 3 is 2.33 bits per heavy atom. The maximum atomic E-state index is 3.80. The van der Waals surface area contributed by atoms with Crippen LogP contribution in [0.3, 0.4) is 0 Å². The SMILES string of the molecule is C=[C]C(CC)C(C)C[C@H](C)/C(C)=C/CC. The second-order valence-electron chi connectivity index (χ2n) is 4.69. The van der Waals surface area contributed by atoms with Crippen LogP contribution in [0.4, 0.5) is 0 Å². The summed E-state index contributed by atoms with van der Waals surface area (Å²) in [5.74, 6) is 1.95. The molecule has 0 spiro atoms. The van der Waals surface area contributed by atoms with E-state index in [2.05, 4.69) is 53.3 Å². The highest BCUT2D eigenvalue weighted by Crippen LogP contribution is 2.26. The average Bonchev–Trinajstić information content (AvgIpc) is 2.19. The van der Waals surface area contributed by atoms with E-state index in [1.165, 1.54) is 12.0 Å². The van der Waals surface area contributed by atoms with Gasteiger partial charge in [-0.3, -0.25) is 0 Å². The highest BCUT2D eigenvalue weighted by molar-refractivity contribution is 5.02. The van der Waals surface area contributed by atoms with Crippen LogP contribution in [0.1, 0.15) is 53.9 Å². The van der Waals surface area contributed by atoms with Gasteiger partial charge in [-0.2, -0.15) is 0 Å². The van der Waals surface area contributed by atoms with E-state index in [-0.39, 0.29) is 0 Å². The lowest BCUT2D eigenvalue weighted by Gasteiger charge is -2.23. The molecular formula is C15H27. The molecule has 0 rings (SSSR count). The predicted octanol–water partition coefficient (Wildman–Crippen LogP) is 5.02. The van der Waals surface area contributed by atoms with Crippen molar-refractivity contribution < 1.29 is 0 Å². The molecule has 0 aliphatic carbocycles. The minimum Gasteiger partial charge on any atom is -0.0953 e. The molecule has 0 fully saturated rings. The van der Waals surface area contributed by atoms with Crippen molar-refractivity contribution in [2.75, 3.05) is 0 Å². The molecule has 1 radical (unpaired) electrons. The summed E-state index contributed by atoms with van der Waals surface area (Å²) in [4.78, 5) is 0. The van der Waals surface area contributed by atoms with Gasteiger partial charge in [-0.25, -0.2) is 0 Å². The lowest BCUT2D eigenvalue weighted by molar-refractivity contribution is 0.345. The summed E-state index contributed by atoms with van der Waals surface area (Å²) in [6, 6.07) is 0. The van der Waals surface area contributed by atoms with Crippen LogP contribution in [0.15, 0.2) is 18.2 Å². The third kappa shape index (κ3) is 5.20. The standard InChI is InChI=1S/C15H27/c1-7-10-12(4)13(5)11-14(6)15(8-2)9-3/h10,13-15H,2,7,9,11H2,1,3-6H3/b12-10+/t13-,14?,15?/m0/s1. The first-order valence-electron chi connectivity index (χ1n) is 6.25. The monoisotopic (exact) mass is 207 g/mol. The van der Waals surface area contributed by atoms with Crippen molar-refractivity contribution in [1.29, 1.82) is 0 Å². The van der Waals surface area contributed by atoms with Crippen molar-refractivity contribution >= 4 is 0 Å². The Hall–Kier alpha value is -0.520. The zero-order valence-corrected chi connectivity index (χ0v) is 11.1. The van der Waals surface area contributed by atoms with Gasteiger partial charge in [-0.05, 0) is 50.0 Å². The van der Waals surface area contributed by atoms with Crippen LogP contribution in [-0.2, 0) is 0 Å². The molecule has 0 aromatic heterocycles. The molecule has 3 atom stereocenters. The normalized spacial score (nSPS) is 18.3. The van der Waals surface area contributed by atoms with Gasteiger partial charge >= 0.3 is 0 Å². The molecule has 0 saturated carbocycles. The summed E-state index contributed by atoms with van der Waals surface area (Å²) in [5, 5.41) is 0. The Morgan fingerprint density at radius 2 is 1.93 bits per heavy atom. The third-order valence-electron chi connectivity index (χ3n) is 3.42. The van der Waals surface area contributed by atoms with Gasteiger partial charge in [0, 0.05) is 0 Å². The van der Waals surface area contributed by atoms with Crippen molar-refractivity contribution in [1.82, 2.24) is 0 Å². The first kappa shape index (κ1) is 14.5. The molecule has 0 aromatic rings. The van der Waals surface area contributed by atoms with Crippen LogP contribution in [0.2, 0.25) is 0 Å². The maximum Gasteiger partial charge on any atom is -0.0142 e. The highest BCUT2D eigenvalue weighted by atomic mass is 14.2. The van der Waals surface area contributed by atoms with Gasteiger partial charge in [0.2, 0.25) is 0 Å². The van der Waals surface area contributed by atoms with Crippen LogP contribution < -0.4 is 0 Å². The van der Waals surface area contributed by atoms with Crippen molar-refractivity contribution in [2.45, 2.75) is 53.9 Å². The topological polar surface area (TPSA) is 0 Å². The molecule has 0 bridgehead atoms. The predicted molar refractivity (Wildman–Crippen MR) is 69.6 cm³/mol. The summed E-state index contributed by atoms with van der Waals surface area (Å²) >= 11 is 0.